The summed E-state index contributed by atoms with van der Waals surface area (Å²) in [6.45, 7) is 2.63. The summed E-state index contributed by atoms with van der Waals surface area (Å²) in [5.41, 5.74) is 10.2. The van der Waals surface area contributed by atoms with Crippen LogP contribution in [-0.4, -0.2) is 49.0 Å². The molecule has 1 saturated heterocycles. The van der Waals surface area contributed by atoms with Crippen molar-refractivity contribution < 1.29 is 0 Å². The Morgan fingerprint density at radius 1 is 1.12 bits per heavy atom. The first-order valence-electron chi connectivity index (χ1n) is 10.3. The maximum Gasteiger partial charge on any atom is 0.128 e. The van der Waals surface area contributed by atoms with Crippen molar-refractivity contribution in [2.45, 2.75) is 12.8 Å². The van der Waals surface area contributed by atoms with Gasteiger partial charge in [0.15, 0.2) is 0 Å². The molecule has 11 heteroatoms. The Morgan fingerprint density at radius 2 is 1.97 bits per heavy atom. The standard InChI is InChI=1S/C22H23N9.2ClH/c1-29-13-18(11-26-29)19-14-31-22(17(8-24)10-27-31)21(28-19)16-4-5-20(25-9-16)30-6-2-3-15(7-23)12-30;;/h4-5,9-11,13-15H,2-3,6-7,12,23H2,1H3;2*1H/t15-;;/m1../s1. The zero-order chi connectivity index (χ0) is 21.4. The van der Waals surface area contributed by atoms with Gasteiger partial charge in [0.25, 0.3) is 0 Å². The summed E-state index contributed by atoms with van der Waals surface area (Å²) in [7, 11) is 1.86. The van der Waals surface area contributed by atoms with E-state index in [1.54, 1.807) is 21.6 Å². The second kappa shape index (κ2) is 10.2. The van der Waals surface area contributed by atoms with E-state index in [0.717, 1.165) is 42.1 Å². The monoisotopic (exact) mass is 485 g/mol. The first kappa shape index (κ1) is 24.5. The van der Waals surface area contributed by atoms with Gasteiger partial charge in [-0.15, -0.1) is 24.8 Å². The summed E-state index contributed by atoms with van der Waals surface area (Å²) in [5.74, 6) is 1.45. The second-order valence-electron chi connectivity index (χ2n) is 7.94. The van der Waals surface area contributed by atoms with Crippen LogP contribution in [0.1, 0.15) is 18.4 Å². The average molecular weight is 486 g/mol. The smallest absolute Gasteiger partial charge is 0.128 e. The van der Waals surface area contributed by atoms with E-state index in [1.807, 2.05) is 37.8 Å². The molecule has 5 heterocycles. The van der Waals surface area contributed by atoms with Crippen LogP contribution in [-0.2, 0) is 7.05 Å². The molecular weight excluding hydrogens is 461 g/mol. The average Bonchev–Trinajstić information content (AvgIpc) is 3.44. The van der Waals surface area contributed by atoms with Gasteiger partial charge in [0, 0.05) is 43.7 Å². The number of rotatable bonds is 4. The number of aromatic nitrogens is 6. The second-order valence-corrected chi connectivity index (χ2v) is 7.94. The first-order valence-corrected chi connectivity index (χ1v) is 10.3. The number of nitriles is 1. The molecule has 0 unspecified atom stereocenters. The molecule has 0 amide bonds. The predicted molar refractivity (Wildman–Crippen MR) is 132 cm³/mol. The van der Waals surface area contributed by atoms with E-state index in [2.05, 4.69) is 21.2 Å². The highest BCUT2D eigenvalue weighted by molar-refractivity contribution is 5.85. The quantitative estimate of drug-likeness (QED) is 0.472. The number of halogens is 2. The lowest BCUT2D eigenvalue weighted by Crippen LogP contribution is -2.38. The molecule has 0 aliphatic carbocycles. The topological polar surface area (TPSA) is 114 Å². The highest BCUT2D eigenvalue weighted by Gasteiger charge is 2.21. The van der Waals surface area contributed by atoms with E-state index in [9.17, 15) is 5.26 Å². The van der Waals surface area contributed by atoms with E-state index in [0.29, 0.717) is 29.2 Å². The molecule has 1 aliphatic rings. The van der Waals surface area contributed by atoms with Crippen molar-refractivity contribution in [3.05, 3.63) is 48.7 Å². The van der Waals surface area contributed by atoms with Gasteiger partial charge in [-0.3, -0.25) is 4.68 Å². The largest absolute Gasteiger partial charge is 0.356 e. The van der Waals surface area contributed by atoms with Crippen molar-refractivity contribution in [1.82, 2.24) is 29.4 Å². The zero-order valence-electron chi connectivity index (χ0n) is 18.1. The van der Waals surface area contributed by atoms with E-state index >= 15 is 0 Å². The molecule has 0 saturated carbocycles. The Bertz CT molecular complexity index is 1270. The number of nitrogens with zero attached hydrogens (tertiary/aromatic N) is 8. The summed E-state index contributed by atoms with van der Waals surface area (Å²) in [6.07, 6.45) is 11.2. The number of fused-ring (bicyclic) bond motifs is 1. The molecule has 5 rings (SSSR count). The highest BCUT2D eigenvalue weighted by Crippen LogP contribution is 2.30. The molecule has 172 valence electrons. The molecule has 0 spiro atoms. The molecule has 0 aromatic carbocycles. The van der Waals surface area contributed by atoms with Gasteiger partial charge in [-0.1, -0.05) is 0 Å². The number of aryl methyl sites for hydroxylation is 1. The fourth-order valence-electron chi connectivity index (χ4n) is 4.17. The minimum Gasteiger partial charge on any atom is -0.356 e. The maximum atomic E-state index is 9.57. The molecule has 9 nitrogen and oxygen atoms in total. The van der Waals surface area contributed by atoms with Gasteiger partial charge in [-0.2, -0.15) is 15.5 Å². The molecule has 0 bridgehead atoms. The van der Waals surface area contributed by atoms with Crippen LogP contribution < -0.4 is 10.6 Å². The van der Waals surface area contributed by atoms with Crippen molar-refractivity contribution >= 4 is 36.1 Å². The minimum absolute atomic E-state index is 0. The molecule has 1 fully saturated rings. The van der Waals surface area contributed by atoms with Crippen LogP contribution in [0.3, 0.4) is 0 Å². The number of hydrogen-bond donors (Lipinski definition) is 1. The SMILES string of the molecule is Cl.Cl.Cn1cc(-c2cn3ncc(C#N)c3c(-c3ccc(N4CCC[C@H](CN)C4)nc3)n2)cn1. The minimum atomic E-state index is 0. The van der Waals surface area contributed by atoms with Crippen molar-refractivity contribution in [2.24, 2.45) is 18.7 Å². The summed E-state index contributed by atoms with van der Waals surface area (Å²) in [4.78, 5) is 11.9. The van der Waals surface area contributed by atoms with Crippen LogP contribution in [0.5, 0.6) is 0 Å². The number of piperidine rings is 1. The number of anilines is 1. The predicted octanol–water partition coefficient (Wildman–Crippen LogP) is 3.08. The lowest BCUT2D eigenvalue weighted by molar-refractivity contribution is 0.422. The van der Waals surface area contributed by atoms with Crippen molar-refractivity contribution in [2.75, 3.05) is 24.5 Å². The van der Waals surface area contributed by atoms with E-state index < -0.39 is 0 Å². The molecule has 4 aromatic heterocycles. The normalized spacial score (nSPS) is 15.5. The maximum absolute atomic E-state index is 9.57. The van der Waals surface area contributed by atoms with Gasteiger partial charge in [0.05, 0.1) is 30.0 Å². The van der Waals surface area contributed by atoms with Crippen LogP contribution >= 0.6 is 24.8 Å². The lowest BCUT2D eigenvalue weighted by atomic mass is 9.98. The van der Waals surface area contributed by atoms with Crippen LogP contribution in [0.4, 0.5) is 5.82 Å². The Balaban J connectivity index is 0.00000153. The van der Waals surface area contributed by atoms with Gasteiger partial charge in [-0.25, -0.2) is 14.5 Å². The molecular formula is C22H25Cl2N9. The van der Waals surface area contributed by atoms with Crippen LogP contribution in [0, 0.1) is 17.2 Å². The van der Waals surface area contributed by atoms with Crippen LogP contribution in [0.25, 0.3) is 28.0 Å². The van der Waals surface area contributed by atoms with Crippen LogP contribution in [0.15, 0.2) is 43.1 Å². The van der Waals surface area contributed by atoms with Crippen molar-refractivity contribution in [1.29, 1.82) is 5.26 Å². The first-order chi connectivity index (χ1) is 15.2. The Kier molecular flexibility index (Phi) is 7.53. The summed E-state index contributed by atoms with van der Waals surface area (Å²) >= 11 is 0. The summed E-state index contributed by atoms with van der Waals surface area (Å²) in [5, 5.41) is 18.2. The third-order valence-electron chi connectivity index (χ3n) is 5.82. The summed E-state index contributed by atoms with van der Waals surface area (Å²) in [6, 6.07) is 6.25. The van der Waals surface area contributed by atoms with Crippen molar-refractivity contribution in [3.8, 4) is 28.6 Å². The van der Waals surface area contributed by atoms with Gasteiger partial charge in [0.2, 0.25) is 0 Å². The Labute approximate surface area is 204 Å². The molecule has 2 N–H and O–H groups in total. The number of pyridine rings is 1. The number of hydrogen-bond acceptors (Lipinski definition) is 7. The molecule has 1 aliphatic heterocycles. The van der Waals surface area contributed by atoms with E-state index in [4.69, 9.17) is 15.7 Å². The van der Waals surface area contributed by atoms with E-state index in [1.165, 1.54) is 6.42 Å². The summed E-state index contributed by atoms with van der Waals surface area (Å²) < 4.78 is 3.43. The molecule has 1 atom stereocenters. The van der Waals surface area contributed by atoms with Gasteiger partial charge in [-0.05, 0) is 37.4 Å². The van der Waals surface area contributed by atoms with Gasteiger partial charge in [0.1, 0.15) is 23.0 Å². The molecule has 33 heavy (non-hydrogen) atoms. The number of nitrogens with two attached hydrogens (primary N) is 1. The van der Waals surface area contributed by atoms with Crippen LogP contribution in [0.2, 0.25) is 0 Å². The molecule has 0 radical (unpaired) electrons. The third-order valence-corrected chi connectivity index (χ3v) is 5.82. The Hall–Kier alpha value is -3.19. The third kappa shape index (κ3) is 4.64. The van der Waals surface area contributed by atoms with Crippen molar-refractivity contribution in [3.63, 3.8) is 0 Å². The van der Waals surface area contributed by atoms with E-state index in [-0.39, 0.29) is 24.8 Å². The fourth-order valence-corrected chi connectivity index (χ4v) is 4.17. The lowest BCUT2D eigenvalue weighted by Gasteiger charge is -2.33. The van der Waals surface area contributed by atoms with Gasteiger partial charge < -0.3 is 10.6 Å². The highest BCUT2D eigenvalue weighted by atomic mass is 35.5. The zero-order valence-corrected chi connectivity index (χ0v) is 19.8. The fraction of sp³-hybridized carbons (Fsp3) is 0.318. The Morgan fingerprint density at radius 3 is 2.64 bits per heavy atom. The van der Waals surface area contributed by atoms with Gasteiger partial charge >= 0.3 is 0 Å². The molecule has 4 aromatic rings.